The van der Waals surface area contributed by atoms with Crippen molar-refractivity contribution in [3.05, 3.63) is 29.8 Å². The van der Waals surface area contributed by atoms with Crippen LogP contribution in [0.25, 0.3) is 0 Å². The van der Waals surface area contributed by atoms with Crippen molar-refractivity contribution in [3.8, 4) is 5.75 Å². The topological polar surface area (TPSA) is 65.0 Å². The van der Waals surface area contributed by atoms with Crippen LogP contribution in [0.5, 0.6) is 5.75 Å². The highest BCUT2D eigenvalue weighted by molar-refractivity contribution is 5.77. The average Bonchev–Trinajstić information content (AvgIpc) is 2.61. The maximum absolute atomic E-state index is 11.8. The lowest BCUT2D eigenvalue weighted by Crippen LogP contribution is -2.51. The highest BCUT2D eigenvalue weighted by Gasteiger charge is 2.21. The Balaban J connectivity index is 1.64. The summed E-state index contributed by atoms with van der Waals surface area (Å²) in [5, 5.41) is 13.1. The molecular formula is C19H31N3O3. The summed E-state index contributed by atoms with van der Waals surface area (Å²) < 4.78 is 5.71. The van der Waals surface area contributed by atoms with E-state index in [9.17, 15) is 9.90 Å². The first-order valence-corrected chi connectivity index (χ1v) is 9.16. The van der Waals surface area contributed by atoms with E-state index in [1.165, 1.54) is 0 Å². The van der Waals surface area contributed by atoms with Crippen LogP contribution in [-0.2, 0) is 4.79 Å². The standard InChI is InChI=1S/C19H31N3O3/c1-3-8-20-19(24)14-22-11-9-21(10-12-22)13-17(23)15-25-18-7-5-4-6-16(18)2/h4-7,17,23H,3,8-15H2,1-2H3,(H,20,24). The third-order valence-corrected chi connectivity index (χ3v) is 4.40. The van der Waals surface area contributed by atoms with Gasteiger partial charge < -0.3 is 15.2 Å². The number of nitrogens with one attached hydrogen (secondary N) is 1. The number of rotatable bonds is 9. The Bertz CT molecular complexity index is 530. The van der Waals surface area contributed by atoms with Gasteiger partial charge in [0.15, 0.2) is 0 Å². The van der Waals surface area contributed by atoms with E-state index < -0.39 is 6.10 Å². The number of piperazine rings is 1. The van der Waals surface area contributed by atoms with E-state index in [0.717, 1.165) is 50.5 Å². The number of aryl methyl sites for hydroxylation is 1. The Kier molecular flexibility index (Phi) is 8.18. The second-order valence-electron chi connectivity index (χ2n) is 6.66. The Labute approximate surface area is 150 Å². The number of nitrogens with zero attached hydrogens (tertiary/aromatic N) is 2. The lowest BCUT2D eigenvalue weighted by Gasteiger charge is -2.35. The largest absolute Gasteiger partial charge is 0.491 e. The van der Waals surface area contributed by atoms with E-state index in [2.05, 4.69) is 15.1 Å². The van der Waals surface area contributed by atoms with Crippen molar-refractivity contribution >= 4 is 5.91 Å². The van der Waals surface area contributed by atoms with Gasteiger partial charge in [-0.15, -0.1) is 0 Å². The number of aliphatic hydroxyl groups excluding tert-OH is 1. The fraction of sp³-hybridized carbons (Fsp3) is 0.632. The van der Waals surface area contributed by atoms with Gasteiger partial charge in [-0.1, -0.05) is 25.1 Å². The minimum Gasteiger partial charge on any atom is -0.491 e. The highest BCUT2D eigenvalue weighted by atomic mass is 16.5. The predicted octanol–water partition coefficient (Wildman–Crippen LogP) is 0.879. The minimum absolute atomic E-state index is 0.0990. The first kappa shape index (κ1) is 19.7. The maximum atomic E-state index is 11.8. The van der Waals surface area contributed by atoms with Crippen molar-refractivity contribution in [2.24, 2.45) is 0 Å². The fourth-order valence-electron chi connectivity index (χ4n) is 2.91. The van der Waals surface area contributed by atoms with Crippen molar-refractivity contribution < 1.29 is 14.6 Å². The molecule has 1 heterocycles. The van der Waals surface area contributed by atoms with Crippen molar-refractivity contribution in [3.63, 3.8) is 0 Å². The summed E-state index contributed by atoms with van der Waals surface area (Å²) in [6, 6.07) is 7.83. The molecule has 0 spiro atoms. The van der Waals surface area contributed by atoms with Gasteiger partial charge in [0.05, 0.1) is 6.54 Å². The van der Waals surface area contributed by atoms with Gasteiger partial charge in [-0.05, 0) is 25.0 Å². The van der Waals surface area contributed by atoms with E-state index >= 15 is 0 Å². The molecule has 140 valence electrons. The number of carbonyl (C=O) groups excluding carboxylic acids is 1. The summed E-state index contributed by atoms with van der Waals surface area (Å²) >= 11 is 0. The summed E-state index contributed by atoms with van der Waals surface area (Å²) in [7, 11) is 0. The zero-order chi connectivity index (χ0) is 18.1. The van der Waals surface area contributed by atoms with Crippen LogP contribution in [0.3, 0.4) is 0 Å². The molecular weight excluding hydrogens is 318 g/mol. The van der Waals surface area contributed by atoms with E-state index in [4.69, 9.17) is 4.74 Å². The summed E-state index contributed by atoms with van der Waals surface area (Å²) in [6.07, 6.45) is 0.445. The summed E-state index contributed by atoms with van der Waals surface area (Å²) in [5.41, 5.74) is 1.07. The number of hydrogen-bond donors (Lipinski definition) is 2. The van der Waals surface area contributed by atoms with Gasteiger partial charge in [0.2, 0.25) is 5.91 Å². The van der Waals surface area contributed by atoms with Crippen molar-refractivity contribution in [2.75, 3.05) is 52.4 Å². The summed E-state index contributed by atoms with van der Waals surface area (Å²) in [4.78, 5) is 16.1. The predicted molar refractivity (Wildman–Crippen MR) is 98.9 cm³/mol. The number of ether oxygens (including phenoxy) is 1. The smallest absolute Gasteiger partial charge is 0.234 e. The second kappa shape index (κ2) is 10.4. The molecule has 25 heavy (non-hydrogen) atoms. The molecule has 1 amide bonds. The van der Waals surface area contributed by atoms with Crippen LogP contribution in [0.15, 0.2) is 24.3 Å². The molecule has 0 aliphatic carbocycles. The number of amides is 1. The van der Waals surface area contributed by atoms with Gasteiger partial charge in [-0.3, -0.25) is 14.6 Å². The van der Waals surface area contributed by atoms with Gasteiger partial charge >= 0.3 is 0 Å². The van der Waals surface area contributed by atoms with Gasteiger partial charge in [0.1, 0.15) is 18.5 Å². The number of para-hydroxylation sites is 1. The molecule has 1 fully saturated rings. The van der Waals surface area contributed by atoms with Gasteiger partial charge in [-0.25, -0.2) is 0 Å². The summed E-state index contributed by atoms with van der Waals surface area (Å²) in [6.45, 7) is 9.58. The number of β-amino-alcohol motifs (C(OH)–C–C–N with tert-alkyl or cyclic N) is 1. The molecule has 1 atom stereocenters. The van der Waals surface area contributed by atoms with Crippen LogP contribution in [0.1, 0.15) is 18.9 Å². The molecule has 1 unspecified atom stereocenters. The fourth-order valence-corrected chi connectivity index (χ4v) is 2.91. The zero-order valence-electron chi connectivity index (χ0n) is 15.4. The van der Waals surface area contributed by atoms with E-state index in [0.29, 0.717) is 19.7 Å². The molecule has 0 bridgehead atoms. The molecule has 1 aromatic carbocycles. The van der Waals surface area contributed by atoms with Gasteiger partial charge in [0, 0.05) is 39.3 Å². The Morgan fingerprint density at radius 1 is 1.24 bits per heavy atom. The van der Waals surface area contributed by atoms with Crippen molar-refractivity contribution in [1.29, 1.82) is 0 Å². The molecule has 2 N–H and O–H groups in total. The monoisotopic (exact) mass is 349 g/mol. The first-order chi connectivity index (χ1) is 12.1. The third kappa shape index (κ3) is 7.02. The first-order valence-electron chi connectivity index (χ1n) is 9.16. The molecule has 1 saturated heterocycles. The maximum Gasteiger partial charge on any atom is 0.234 e. The molecule has 0 radical (unpaired) electrons. The average molecular weight is 349 g/mol. The lowest BCUT2D eigenvalue weighted by atomic mass is 10.2. The zero-order valence-corrected chi connectivity index (χ0v) is 15.4. The molecule has 1 aliphatic heterocycles. The van der Waals surface area contributed by atoms with Gasteiger partial charge in [-0.2, -0.15) is 0 Å². The molecule has 6 heteroatoms. The van der Waals surface area contributed by atoms with Crippen LogP contribution in [0, 0.1) is 6.92 Å². The minimum atomic E-state index is -0.515. The van der Waals surface area contributed by atoms with Crippen molar-refractivity contribution in [1.82, 2.24) is 15.1 Å². The van der Waals surface area contributed by atoms with Gasteiger partial charge in [0.25, 0.3) is 0 Å². The number of benzene rings is 1. The molecule has 1 aliphatic rings. The van der Waals surface area contributed by atoms with Crippen LogP contribution in [-0.4, -0.2) is 79.3 Å². The SMILES string of the molecule is CCCNC(=O)CN1CCN(CC(O)COc2ccccc2C)CC1. The van der Waals surface area contributed by atoms with Crippen LogP contribution >= 0.6 is 0 Å². The lowest BCUT2D eigenvalue weighted by molar-refractivity contribution is -0.122. The molecule has 2 rings (SSSR count). The number of carbonyl (C=O) groups is 1. The quantitative estimate of drug-likeness (QED) is 0.693. The normalized spacial score (nSPS) is 17.2. The van der Waals surface area contributed by atoms with E-state index in [1.807, 2.05) is 38.1 Å². The molecule has 6 nitrogen and oxygen atoms in total. The summed E-state index contributed by atoms with van der Waals surface area (Å²) in [5.74, 6) is 0.923. The van der Waals surface area contributed by atoms with Crippen LogP contribution < -0.4 is 10.1 Å². The Morgan fingerprint density at radius 3 is 2.60 bits per heavy atom. The number of aliphatic hydroxyl groups is 1. The Hall–Kier alpha value is -1.63. The molecule has 0 aromatic heterocycles. The second-order valence-corrected chi connectivity index (χ2v) is 6.66. The third-order valence-electron chi connectivity index (χ3n) is 4.40. The molecule has 1 aromatic rings. The number of hydrogen-bond acceptors (Lipinski definition) is 5. The molecule has 0 saturated carbocycles. The Morgan fingerprint density at radius 2 is 1.92 bits per heavy atom. The van der Waals surface area contributed by atoms with Crippen LogP contribution in [0.4, 0.5) is 0 Å². The highest BCUT2D eigenvalue weighted by Crippen LogP contribution is 2.16. The van der Waals surface area contributed by atoms with Crippen LogP contribution in [0.2, 0.25) is 0 Å². The van der Waals surface area contributed by atoms with Crippen molar-refractivity contribution in [2.45, 2.75) is 26.4 Å². The van der Waals surface area contributed by atoms with E-state index in [1.54, 1.807) is 0 Å². The van der Waals surface area contributed by atoms with E-state index in [-0.39, 0.29) is 5.91 Å².